The van der Waals surface area contributed by atoms with Crippen LogP contribution in [0, 0.1) is 13.8 Å². The van der Waals surface area contributed by atoms with Crippen LogP contribution in [0.15, 0.2) is 42.5 Å². The minimum absolute atomic E-state index is 0.244. The van der Waals surface area contributed by atoms with Crippen molar-refractivity contribution in [3.05, 3.63) is 59.2 Å². The number of nitrogens with zero attached hydrogens (tertiary/aromatic N) is 4. The summed E-state index contributed by atoms with van der Waals surface area (Å²) in [5, 5.41) is 24.4. The molecule has 0 radical (unpaired) electrons. The summed E-state index contributed by atoms with van der Waals surface area (Å²) in [7, 11) is 0. The molecule has 0 spiro atoms. The summed E-state index contributed by atoms with van der Waals surface area (Å²) in [5.74, 6) is 0.805. The molecule has 3 aromatic rings. The third-order valence-electron chi connectivity index (χ3n) is 3.57. The molecule has 2 N–H and O–H groups in total. The number of hydrogen-bond acceptors (Lipinski definition) is 5. The van der Waals surface area contributed by atoms with E-state index in [1.54, 1.807) is 22.9 Å². The van der Waals surface area contributed by atoms with E-state index in [-0.39, 0.29) is 5.75 Å². The molecule has 3 rings (SSSR count). The molecule has 0 unspecified atom stereocenters. The van der Waals surface area contributed by atoms with Gasteiger partial charge in [0.1, 0.15) is 5.75 Å². The van der Waals surface area contributed by atoms with Gasteiger partial charge in [-0.2, -0.15) is 4.68 Å². The van der Waals surface area contributed by atoms with Crippen LogP contribution < -0.4 is 5.32 Å². The monoisotopic (exact) mass is 295 g/mol. The van der Waals surface area contributed by atoms with Gasteiger partial charge in [-0.1, -0.05) is 23.3 Å². The lowest BCUT2D eigenvalue weighted by atomic mass is 10.1. The van der Waals surface area contributed by atoms with Crippen LogP contribution in [0.3, 0.4) is 0 Å². The van der Waals surface area contributed by atoms with E-state index in [9.17, 15) is 5.11 Å². The summed E-state index contributed by atoms with van der Waals surface area (Å²) >= 11 is 0. The van der Waals surface area contributed by atoms with Crippen molar-refractivity contribution in [1.29, 1.82) is 0 Å². The van der Waals surface area contributed by atoms with Gasteiger partial charge >= 0.3 is 0 Å². The Hall–Kier alpha value is -2.89. The van der Waals surface area contributed by atoms with Crippen molar-refractivity contribution in [1.82, 2.24) is 20.2 Å². The Morgan fingerprint density at radius 1 is 1.09 bits per heavy atom. The van der Waals surface area contributed by atoms with Crippen LogP contribution in [0.4, 0.5) is 5.95 Å². The molecule has 6 nitrogen and oxygen atoms in total. The smallest absolute Gasteiger partial charge is 0.248 e. The van der Waals surface area contributed by atoms with E-state index in [1.807, 2.05) is 24.3 Å². The van der Waals surface area contributed by atoms with Crippen molar-refractivity contribution in [3.63, 3.8) is 0 Å². The maximum Gasteiger partial charge on any atom is 0.248 e. The fraction of sp³-hybridized carbons (Fsp3) is 0.188. The molecule has 22 heavy (non-hydrogen) atoms. The number of anilines is 1. The minimum atomic E-state index is 0.244. The summed E-state index contributed by atoms with van der Waals surface area (Å²) in [6.07, 6.45) is 0. The molecular weight excluding hydrogens is 278 g/mol. The lowest BCUT2D eigenvalue weighted by molar-refractivity contribution is 0.474. The Morgan fingerprint density at radius 3 is 2.73 bits per heavy atom. The Kier molecular flexibility index (Phi) is 3.74. The van der Waals surface area contributed by atoms with Gasteiger partial charge in [0.15, 0.2) is 0 Å². The van der Waals surface area contributed by atoms with Crippen LogP contribution in [0.2, 0.25) is 0 Å². The van der Waals surface area contributed by atoms with Gasteiger partial charge in [-0.3, -0.25) is 0 Å². The number of benzene rings is 2. The third kappa shape index (κ3) is 2.90. The summed E-state index contributed by atoms with van der Waals surface area (Å²) in [6, 6.07) is 13.2. The number of hydrogen-bond donors (Lipinski definition) is 2. The SMILES string of the molecule is Cc1ccc(-n2nnnc2NCc2cccc(O)c2)cc1C. The predicted octanol–water partition coefficient (Wildman–Crippen LogP) is 2.60. The van der Waals surface area contributed by atoms with Crippen LogP contribution in [0.25, 0.3) is 5.69 Å². The predicted molar refractivity (Wildman–Crippen MR) is 84.1 cm³/mol. The molecule has 2 aromatic carbocycles. The van der Waals surface area contributed by atoms with Gasteiger partial charge in [0.2, 0.25) is 5.95 Å². The normalized spacial score (nSPS) is 10.6. The topological polar surface area (TPSA) is 75.9 Å². The first-order valence-electron chi connectivity index (χ1n) is 7.01. The highest BCUT2D eigenvalue weighted by Crippen LogP contribution is 2.17. The molecule has 0 aliphatic carbocycles. The first-order chi connectivity index (χ1) is 10.6. The maximum absolute atomic E-state index is 9.49. The lowest BCUT2D eigenvalue weighted by Gasteiger charge is -2.09. The number of nitrogens with one attached hydrogen (secondary N) is 1. The van der Waals surface area contributed by atoms with Crippen molar-refractivity contribution in [3.8, 4) is 11.4 Å². The van der Waals surface area contributed by atoms with Crippen LogP contribution in [-0.4, -0.2) is 25.3 Å². The summed E-state index contributed by atoms with van der Waals surface area (Å²) in [6.45, 7) is 4.66. The van der Waals surface area contributed by atoms with Crippen LogP contribution >= 0.6 is 0 Å². The van der Waals surface area contributed by atoms with E-state index in [1.165, 1.54) is 11.1 Å². The second-order valence-corrected chi connectivity index (χ2v) is 5.21. The molecule has 0 bridgehead atoms. The first kappa shape index (κ1) is 14.1. The van der Waals surface area contributed by atoms with Gasteiger partial charge in [0.05, 0.1) is 5.69 Å². The standard InChI is InChI=1S/C16H17N5O/c1-11-6-7-14(8-12(11)2)21-16(18-19-20-21)17-10-13-4-3-5-15(22)9-13/h3-9,22H,10H2,1-2H3,(H,17,18,20). The van der Waals surface area contributed by atoms with Crippen molar-refractivity contribution >= 4 is 5.95 Å². The number of aromatic nitrogens is 4. The zero-order chi connectivity index (χ0) is 15.5. The second kappa shape index (κ2) is 5.85. The van der Waals surface area contributed by atoms with Gasteiger partial charge < -0.3 is 10.4 Å². The van der Waals surface area contributed by atoms with Crippen molar-refractivity contribution < 1.29 is 5.11 Å². The van der Waals surface area contributed by atoms with E-state index in [2.05, 4.69) is 34.7 Å². The lowest BCUT2D eigenvalue weighted by Crippen LogP contribution is -2.07. The summed E-state index contributed by atoms with van der Waals surface area (Å²) < 4.78 is 1.66. The Labute approximate surface area is 128 Å². The average Bonchev–Trinajstić information content (AvgIpc) is 2.96. The zero-order valence-electron chi connectivity index (χ0n) is 12.5. The molecule has 112 valence electrons. The van der Waals surface area contributed by atoms with Crippen molar-refractivity contribution in [2.75, 3.05) is 5.32 Å². The molecule has 0 atom stereocenters. The number of tetrazole rings is 1. The quantitative estimate of drug-likeness (QED) is 0.773. The van der Waals surface area contributed by atoms with E-state index in [0.717, 1.165) is 11.3 Å². The van der Waals surface area contributed by atoms with Crippen LogP contribution in [-0.2, 0) is 6.54 Å². The van der Waals surface area contributed by atoms with Gasteiger partial charge in [-0.05, 0) is 65.2 Å². The first-order valence-corrected chi connectivity index (χ1v) is 7.01. The largest absolute Gasteiger partial charge is 0.508 e. The van der Waals surface area contributed by atoms with Gasteiger partial charge in [-0.25, -0.2) is 0 Å². The molecule has 0 amide bonds. The second-order valence-electron chi connectivity index (χ2n) is 5.21. The molecule has 1 heterocycles. The number of aryl methyl sites for hydroxylation is 2. The third-order valence-corrected chi connectivity index (χ3v) is 3.57. The van der Waals surface area contributed by atoms with Crippen LogP contribution in [0.5, 0.6) is 5.75 Å². The molecule has 6 heteroatoms. The number of phenols is 1. The highest BCUT2D eigenvalue weighted by atomic mass is 16.3. The Balaban J connectivity index is 1.81. The number of rotatable bonds is 4. The average molecular weight is 295 g/mol. The summed E-state index contributed by atoms with van der Waals surface area (Å²) in [4.78, 5) is 0. The van der Waals surface area contributed by atoms with Crippen molar-refractivity contribution in [2.45, 2.75) is 20.4 Å². The summed E-state index contributed by atoms with van der Waals surface area (Å²) in [5.41, 5.74) is 4.28. The zero-order valence-corrected chi connectivity index (χ0v) is 12.5. The van der Waals surface area contributed by atoms with E-state index < -0.39 is 0 Å². The fourth-order valence-corrected chi connectivity index (χ4v) is 2.18. The van der Waals surface area contributed by atoms with Gasteiger partial charge in [0, 0.05) is 6.54 Å². The molecule has 0 saturated carbocycles. The molecular formula is C16H17N5O. The van der Waals surface area contributed by atoms with Gasteiger partial charge in [-0.15, -0.1) is 0 Å². The highest BCUT2D eigenvalue weighted by molar-refractivity contribution is 5.43. The molecule has 1 aromatic heterocycles. The number of phenolic OH excluding ortho intramolecular Hbond substituents is 1. The van der Waals surface area contributed by atoms with E-state index in [4.69, 9.17) is 0 Å². The van der Waals surface area contributed by atoms with Crippen LogP contribution in [0.1, 0.15) is 16.7 Å². The Morgan fingerprint density at radius 2 is 1.95 bits per heavy atom. The molecule has 0 aliphatic rings. The van der Waals surface area contributed by atoms with Gasteiger partial charge in [0.25, 0.3) is 0 Å². The molecule has 0 fully saturated rings. The Bertz CT molecular complexity index is 797. The minimum Gasteiger partial charge on any atom is -0.508 e. The number of aromatic hydroxyl groups is 1. The fourth-order valence-electron chi connectivity index (χ4n) is 2.18. The van der Waals surface area contributed by atoms with E-state index >= 15 is 0 Å². The molecule has 0 saturated heterocycles. The molecule has 0 aliphatic heterocycles. The highest BCUT2D eigenvalue weighted by Gasteiger charge is 2.08. The van der Waals surface area contributed by atoms with Crippen molar-refractivity contribution in [2.24, 2.45) is 0 Å². The van der Waals surface area contributed by atoms with E-state index in [0.29, 0.717) is 12.5 Å². The maximum atomic E-state index is 9.49.